The molecule has 2 heterocycles. The third-order valence-electron chi connectivity index (χ3n) is 1.78. The molecular weight excluding hydrogens is 228 g/mol. The van der Waals surface area contributed by atoms with Crippen LogP contribution in [0.15, 0.2) is 35.0 Å². The minimum absolute atomic E-state index is 0.157. The summed E-state index contributed by atoms with van der Waals surface area (Å²) in [7, 11) is 0. The molecule has 3 nitrogen and oxygen atoms in total. The molecule has 2 rings (SSSR count). The first-order valence-electron chi connectivity index (χ1n) is 4.28. The Kier molecular flexibility index (Phi) is 2.94. The van der Waals surface area contributed by atoms with E-state index in [4.69, 9.17) is 5.73 Å². The van der Waals surface area contributed by atoms with E-state index in [2.05, 4.69) is 4.99 Å². The Labute approximate surface area is 94.9 Å². The molecular formula is C10H9N2OS2+. The highest BCUT2D eigenvalue weighted by Crippen LogP contribution is 2.06. The highest BCUT2D eigenvalue weighted by molar-refractivity contribution is 7.12. The second kappa shape index (κ2) is 4.37. The molecule has 0 aliphatic rings. The van der Waals surface area contributed by atoms with Crippen molar-refractivity contribution in [3.05, 3.63) is 44.8 Å². The summed E-state index contributed by atoms with van der Waals surface area (Å²) in [5, 5.41) is 3.77. The SMILES string of the molecule is NC(=[NH+]C(=O)c1cccs1)c1cccs1. The second-order valence-electron chi connectivity index (χ2n) is 2.82. The average molecular weight is 237 g/mol. The first-order valence-corrected chi connectivity index (χ1v) is 6.04. The number of carbonyl (C=O) groups is 1. The fourth-order valence-corrected chi connectivity index (χ4v) is 2.34. The molecule has 0 saturated carbocycles. The highest BCUT2D eigenvalue weighted by Gasteiger charge is 2.11. The van der Waals surface area contributed by atoms with Crippen LogP contribution in [0.3, 0.4) is 0 Å². The van der Waals surface area contributed by atoms with Crippen LogP contribution in [0.1, 0.15) is 14.5 Å². The normalized spacial score (nSPS) is 11.6. The zero-order valence-corrected chi connectivity index (χ0v) is 9.40. The number of thiophene rings is 2. The van der Waals surface area contributed by atoms with Gasteiger partial charge in [-0.05, 0) is 22.9 Å². The van der Waals surface area contributed by atoms with Gasteiger partial charge in [-0.3, -0.25) is 5.73 Å². The third-order valence-corrected chi connectivity index (χ3v) is 3.55. The number of nitrogens with one attached hydrogen (secondary N) is 1. The van der Waals surface area contributed by atoms with Crippen LogP contribution < -0.4 is 10.7 Å². The number of nitrogen functional groups attached to an aromatic ring is 1. The van der Waals surface area contributed by atoms with Crippen molar-refractivity contribution in [2.45, 2.75) is 0 Å². The highest BCUT2D eigenvalue weighted by atomic mass is 32.1. The van der Waals surface area contributed by atoms with E-state index in [0.29, 0.717) is 10.7 Å². The Morgan fingerprint density at radius 2 is 1.73 bits per heavy atom. The maximum absolute atomic E-state index is 11.6. The van der Waals surface area contributed by atoms with Gasteiger partial charge in [0.05, 0.1) is 0 Å². The molecule has 76 valence electrons. The summed E-state index contributed by atoms with van der Waals surface area (Å²) in [4.78, 5) is 15.8. The fraction of sp³-hybridized carbons (Fsp3) is 0. The molecule has 0 saturated heterocycles. The first-order chi connectivity index (χ1) is 7.27. The fourth-order valence-electron chi connectivity index (χ4n) is 1.09. The van der Waals surface area contributed by atoms with Crippen LogP contribution in [0, 0.1) is 0 Å². The number of hydrogen-bond donors (Lipinski definition) is 2. The Morgan fingerprint density at radius 1 is 1.13 bits per heavy atom. The summed E-state index contributed by atoms with van der Waals surface area (Å²) in [6, 6.07) is 7.36. The van der Waals surface area contributed by atoms with Crippen LogP contribution in [0.4, 0.5) is 0 Å². The molecule has 0 aromatic carbocycles. The van der Waals surface area contributed by atoms with Gasteiger partial charge in [-0.1, -0.05) is 12.1 Å². The van der Waals surface area contributed by atoms with Gasteiger partial charge in [0.2, 0.25) is 0 Å². The van der Waals surface area contributed by atoms with Crippen molar-refractivity contribution in [2.24, 2.45) is 5.73 Å². The van der Waals surface area contributed by atoms with Crippen molar-refractivity contribution < 1.29 is 9.79 Å². The largest absolute Gasteiger partial charge is 0.349 e. The van der Waals surface area contributed by atoms with Crippen molar-refractivity contribution in [1.82, 2.24) is 0 Å². The van der Waals surface area contributed by atoms with E-state index in [-0.39, 0.29) is 5.91 Å². The molecule has 0 unspecified atom stereocenters. The zero-order valence-electron chi connectivity index (χ0n) is 7.77. The van der Waals surface area contributed by atoms with Gasteiger partial charge in [0.15, 0.2) is 0 Å². The summed E-state index contributed by atoms with van der Waals surface area (Å²) in [5.74, 6) is 0.249. The minimum Gasteiger partial charge on any atom is -0.286 e. The maximum atomic E-state index is 11.6. The van der Waals surface area contributed by atoms with Crippen LogP contribution in [-0.4, -0.2) is 11.7 Å². The number of nitrogens with two attached hydrogens (primary N) is 1. The van der Waals surface area contributed by atoms with Crippen LogP contribution in [-0.2, 0) is 0 Å². The summed E-state index contributed by atoms with van der Waals surface area (Å²) in [5.41, 5.74) is 5.75. The smallest absolute Gasteiger partial charge is 0.286 e. The maximum Gasteiger partial charge on any atom is 0.349 e. The molecule has 5 heteroatoms. The number of amides is 1. The predicted octanol–water partition coefficient (Wildman–Crippen LogP) is 0.436. The zero-order chi connectivity index (χ0) is 10.7. The van der Waals surface area contributed by atoms with E-state index in [1.807, 2.05) is 29.0 Å². The van der Waals surface area contributed by atoms with Crippen LogP contribution in [0.5, 0.6) is 0 Å². The van der Waals surface area contributed by atoms with Gasteiger partial charge >= 0.3 is 5.91 Å². The van der Waals surface area contributed by atoms with Gasteiger partial charge in [0, 0.05) is 0 Å². The Bertz CT molecular complexity index is 472. The summed E-state index contributed by atoms with van der Waals surface area (Å²) < 4.78 is 0. The number of hydrogen-bond acceptors (Lipinski definition) is 3. The lowest BCUT2D eigenvalue weighted by molar-refractivity contribution is -0.345. The van der Waals surface area contributed by atoms with E-state index in [1.54, 1.807) is 6.07 Å². The monoisotopic (exact) mass is 237 g/mol. The van der Waals surface area contributed by atoms with E-state index >= 15 is 0 Å². The summed E-state index contributed by atoms with van der Waals surface area (Å²) >= 11 is 2.89. The van der Waals surface area contributed by atoms with Gasteiger partial charge in [0.25, 0.3) is 5.84 Å². The lowest BCUT2D eigenvalue weighted by atomic mass is 10.4. The Morgan fingerprint density at radius 3 is 2.27 bits per heavy atom. The van der Waals surface area contributed by atoms with Crippen molar-refractivity contribution in [3.63, 3.8) is 0 Å². The van der Waals surface area contributed by atoms with Crippen molar-refractivity contribution >= 4 is 34.4 Å². The van der Waals surface area contributed by atoms with Crippen LogP contribution in [0.2, 0.25) is 0 Å². The number of carbonyl (C=O) groups excluding carboxylic acids is 1. The van der Waals surface area contributed by atoms with Crippen LogP contribution >= 0.6 is 22.7 Å². The van der Waals surface area contributed by atoms with Crippen molar-refractivity contribution in [1.29, 1.82) is 0 Å². The molecule has 15 heavy (non-hydrogen) atoms. The van der Waals surface area contributed by atoms with E-state index in [9.17, 15) is 4.79 Å². The first kappa shape index (κ1) is 10.1. The van der Waals surface area contributed by atoms with Crippen LogP contribution in [0.25, 0.3) is 0 Å². The molecule has 1 amide bonds. The molecule has 3 N–H and O–H groups in total. The molecule has 0 radical (unpaired) electrons. The molecule has 2 aromatic heterocycles. The minimum atomic E-state index is -0.157. The summed E-state index contributed by atoms with van der Waals surface area (Å²) in [6.07, 6.45) is 0. The van der Waals surface area contributed by atoms with Crippen molar-refractivity contribution in [3.8, 4) is 0 Å². The Balaban J connectivity index is 2.21. The number of amidine groups is 1. The standard InChI is InChI=1S/C10H8N2OS2/c11-9(7-3-1-5-14-7)12-10(13)8-4-2-6-15-8/h1-6H,(H2,11,12,13)/p+1. The van der Waals surface area contributed by atoms with Crippen molar-refractivity contribution in [2.75, 3.05) is 0 Å². The summed E-state index contributed by atoms with van der Waals surface area (Å²) in [6.45, 7) is 0. The van der Waals surface area contributed by atoms with Gasteiger partial charge in [-0.25, -0.2) is 9.79 Å². The number of rotatable bonds is 2. The van der Waals surface area contributed by atoms with E-state index < -0.39 is 0 Å². The Hall–Kier alpha value is -1.46. The van der Waals surface area contributed by atoms with E-state index in [1.165, 1.54) is 22.7 Å². The molecule has 0 aliphatic carbocycles. The van der Waals surface area contributed by atoms with Gasteiger partial charge in [-0.15, -0.1) is 22.7 Å². The van der Waals surface area contributed by atoms with E-state index in [0.717, 1.165) is 4.88 Å². The topological polar surface area (TPSA) is 57.1 Å². The molecule has 0 fully saturated rings. The van der Waals surface area contributed by atoms with Gasteiger partial charge < -0.3 is 0 Å². The molecule has 0 aliphatic heterocycles. The quantitative estimate of drug-likeness (QED) is 0.588. The molecule has 2 aromatic rings. The molecule has 0 bridgehead atoms. The lowest BCUT2D eigenvalue weighted by Crippen LogP contribution is -2.79. The van der Waals surface area contributed by atoms with Gasteiger partial charge in [-0.2, -0.15) is 0 Å². The third kappa shape index (κ3) is 2.31. The predicted molar refractivity (Wildman–Crippen MR) is 62.2 cm³/mol. The average Bonchev–Trinajstić information content (AvgIpc) is 2.91. The molecule has 0 atom stereocenters. The second-order valence-corrected chi connectivity index (χ2v) is 4.72. The van der Waals surface area contributed by atoms with Gasteiger partial charge in [0.1, 0.15) is 9.75 Å². The molecule has 0 spiro atoms. The lowest BCUT2D eigenvalue weighted by Gasteiger charge is -1.89.